The van der Waals surface area contributed by atoms with E-state index in [9.17, 15) is 4.57 Å². The highest BCUT2D eigenvalue weighted by Crippen LogP contribution is 2.40. The van der Waals surface area contributed by atoms with Crippen LogP contribution in [0.5, 0.6) is 0 Å². The average molecular weight is 350 g/mol. The predicted molar refractivity (Wildman–Crippen MR) is 103 cm³/mol. The topological polar surface area (TPSA) is 57.5 Å². The smallest absolute Gasteiger partial charge is 0.324 e. The summed E-state index contributed by atoms with van der Waals surface area (Å²) in [6.07, 6.45) is 15.2. The van der Waals surface area contributed by atoms with E-state index in [0.717, 1.165) is 11.1 Å². The van der Waals surface area contributed by atoms with Crippen molar-refractivity contribution in [3.63, 3.8) is 0 Å². The summed E-state index contributed by atoms with van der Waals surface area (Å²) in [5, 5.41) is 0. The molecule has 0 aromatic rings. The maximum absolute atomic E-state index is 10.8. The highest BCUT2D eigenvalue weighted by atomic mass is 31.2. The van der Waals surface area contributed by atoms with Gasteiger partial charge in [-0.3, -0.25) is 4.57 Å². The van der Waals surface area contributed by atoms with Crippen LogP contribution in [-0.2, 0) is 4.57 Å². The van der Waals surface area contributed by atoms with E-state index < -0.39 is 7.60 Å². The third-order valence-corrected chi connectivity index (χ3v) is 5.08. The van der Waals surface area contributed by atoms with Crippen molar-refractivity contribution < 1.29 is 14.4 Å². The zero-order valence-corrected chi connectivity index (χ0v) is 16.4. The molecular formula is C20H31O3P. The molecule has 4 heteroatoms. The Kier molecular flexibility index (Phi) is 7.66. The Bertz CT molecular complexity index is 640. The molecule has 0 unspecified atom stereocenters. The van der Waals surface area contributed by atoms with Crippen molar-refractivity contribution >= 4 is 7.60 Å². The van der Waals surface area contributed by atoms with Gasteiger partial charge in [0.15, 0.2) is 0 Å². The average Bonchev–Trinajstić information content (AvgIpc) is 2.43. The summed E-state index contributed by atoms with van der Waals surface area (Å²) in [5.41, 5.74) is 5.18. The Hall–Kier alpha value is -1.15. The molecule has 0 radical (unpaired) electrons. The van der Waals surface area contributed by atoms with Crippen LogP contribution in [0.2, 0.25) is 0 Å². The van der Waals surface area contributed by atoms with Crippen LogP contribution in [0.25, 0.3) is 0 Å². The molecule has 134 valence electrons. The molecule has 0 saturated carbocycles. The van der Waals surface area contributed by atoms with Crippen molar-refractivity contribution in [3.05, 3.63) is 58.7 Å². The van der Waals surface area contributed by atoms with Gasteiger partial charge in [-0.1, -0.05) is 67.0 Å². The number of rotatable bonds is 6. The Morgan fingerprint density at radius 2 is 1.88 bits per heavy atom. The van der Waals surface area contributed by atoms with Crippen LogP contribution in [0.15, 0.2) is 58.7 Å². The second-order valence-electron chi connectivity index (χ2n) is 7.33. The zero-order chi connectivity index (χ0) is 18.4. The zero-order valence-electron chi connectivity index (χ0n) is 15.5. The lowest BCUT2D eigenvalue weighted by Gasteiger charge is -2.32. The molecule has 0 aromatic heterocycles. The molecule has 0 spiro atoms. The van der Waals surface area contributed by atoms with E-state index in [-0.39, 0.29) is 11.6 Å². The first kappa shape index (κ1) is 20.9. The minimum atomic E-state index is -3.96. The maximum Gasteiger partial charge on any atom is 0.329 e. The van der Waals surface area contributed by atoms with Crippen LogP contribution >= 0.6 is 7.60 Å². The van der Waals surface area contributed by atoms with Crippen LogP contribution in [0.1, 0.15) is 53.9 Å². The van der Waals surface area contributed by atoms with E-state index in [4.69, 9.17) is 9.79 Å². The van der Waals surface area contributed by atoms with E-state index >= 15 is 0 Å². The summed E-state index contributed by atoms with van der Waals surface area (Å²) in [6, 6.07) is 0. The molecule has 0 aromatic carbocycles. The molecule has 0 amide bonds. The van der Waals surface area contributed by atoms with Gasteiger partial charge in [0.2, 0.25) is 0 Å². The summed E-state index contributed by atoms with van der Waals surface area (Å²) in [6.45, 7) is 10.7. The molecule has 1 aliphatic rings. The summed E-state index contributed by atoms with van der Waals surface area (Å²) < 4.78 is 10.8. The van der Waals surface area contributed by atoms with Gasteiger partial charge in [0.1, 0.15) is 0 Å². The lowest BCUT2D eigenvalue weighted by Crippen LogP contribution is -2.19. The first-order valence-corrected chi connectivity index (χ1v) is 10.3. The van der Waals surface area contributed by atoms with Crippen LogP contribution in [0, 0.1) is 5.41 Å². The van der Waals surface area contributed by atoms with Crippen molar-refractivity contribution in [1.82, 2.24) is 0 Å². The summed E-state index contributed by atoms with van der Waals surface area (Å²) >= 11 is 0. The van der Waals surface area contributed by atoms with Gasteiger partial charge in [-0.2, -0.15) is 0 Å². The summed E-state index contributed by atoms with van der Waals surface area (Å²) in [7, 11) is -3.96. The fourth-order valence-electron chi connectivity index (χ4n) is 2.96. The lowest BCUT2D eigenvalue weighted by molar-refractivity contribution is 0.376. The Labute approximate surface area is 146 Å². The van der Waals surface area contributed by atoms with E-state index in [0.29, 0.717) is 0 Å². The fraction of sp³-hybridized carbons (Fsp3) is 0.500. The second-order valence-corrected chi connectivity index (χ2v) is 9.02. The third kappa shape index (κ3) is 7.61. The molecule has 0 saturated heterocycles. The molecule has 2 N–H and O–H groups in total. The van der Waals surface area contributed by atoms with Crippen molar-refractivity contribution in [2.75, 3.05) is 6.16 Å². The number of allylic oxidation sites excluding steroid dienone is 10. The van der Waals surface area contributed by atoms with Crippen molar-refractivity contribution in [2.45, 2.75) is 53.9 Å². The largest absolute Gasteiger partial charge is 0.329 e. The van der Waals surface area contributed by atoms with E-state index in [1.165, 1.54) is 30.4 Å². The van der Waals surface area contributed by atoms with Gasteiger partial charge in [0, 0.05) is 0 Å². The Morgan fingerprint density at radius 3 is 2.46 bits per heavy atom. The molecule has 1 aliphatic carbocycles. The molecule has 0 atom stereocenters. The van der Waals surface area contributed by atoms with E-state index in [2.05, 4.69) is 39.8 Å². The Morgan fingerprint density at radius 1 is 1.21 bits per heavy atom. The first-order valence-electron chi connectivity index (χ1n) is 8.46. The van der Waals surface area contributed by atoms with Gasteiger partial charge in [0.25, 0.3) is 0 Å². The van der Waals surface area contributed by atoms with E-state index in [1.807, 2.05) is 25.2 Å². The third-order valence-electron chi connectivity index (χ3n) is 4.42. The van der Waals surface area contributed by atoms with Gasteiger partial charge in [-0.25, -0.2) is 0 Å². The van der Waals surface area contributed by atoms with Crippen LogP contribution in [0.4, 0.5) is 0 Å². The van der Waals surface area contributed by atoms with E-state index in [1.54, 1.807) is 6.08 Å². The minimum Gasteiger partial charge on any atom is -0.324 e. The van der Waals surface area contributed by atoms with Gasteiger partial charge in [-0.15, -0.1) is 0 Å². The van der Waals surface area contributed by atoms with Crippen LogP contribution < -0.4 is 0 Å². The van der Waals surface area contributed by atoms with Gasteiger partial charge >= 0.3 is 7.60 Å². The van der Waals surface area contributed by atoms with Crippen LogP contribution in [-0.4, -0.2) is 15.9 Å². The first-order chi connectivity index (χ1) is 11.0. The maximum atomic E-state index is 10.8. The number of hydrogen-bond donors (Lipinski definition) is 2. The lowest BCUT2D eigenvalue weighted by atomic mass is 9.72. The summed E-state index contributed by atoms with van der Waals surface area (Å²) in [5.74, 6) is 0. The molecule has 3 nitrogen and oxygen atoms in total. The molecule has 0 heterocycles. The number of hydrogen-bond acceptors (Lipinski definition) is 1. The standard InChI is InChI=1S/C20H31O3P/c1-16(8-6-9-17(2)13-15-24(21,22)23)11-12-19-18(3)10-7-14-20(19,4)5/h6,8-9,11-13H,7,10,14-15H2,1-5H3,(H2,21,22,23). The molecule has 24 heavy (non-hydrogen) atoms. The molecule has 0 fully saturated rings. The highest BCUT2D eigenvalue weighted by molar-refractivity contribution is 7.51. The predicted octanol–water partition coefficient (Wildman–Crippen LogP) is 5.70. The van der Waals surface area contributed by atoms with Gasteiger partial charge in [0.05, 0.1) is 6.16 Å². The Balaban J connectivity index is 2.73. The molecule has 0 aliphatic heterocycles. The van der Waals surface area contributed by atoms with Crippen molar-refractivity contribution in [3.8, 4) is 0 Å². The molecular weight excluding hydrogens is 319 g/mol. The monoisotopic (exact) mass is 350 g/mol. The second kappa shape index (κ2) is 8.80. The minimum absolute atomic E-state index is 0.214. The summed E-state index contributed by atoms with van der Waals surface area (Å²) in [4.78, 5) is 17.7. The van der Waals surface area contributed by atoms with Crippen molar-refractivity contribution in [1.29, 1.82) is 0 Å². The molecule has 1 rings (SSSR count). The van der Waals surface area contributed by atoms with Gasteiger partial charge in [-0.05, 0) is 51.0 Å². The SMILES string of the molecule is CC(C=CC1=C(C)CCCC1(C)C)=CC=CC(C)=CCP(=O)(O)O. The normalized spacial score (nSPS) is 20.5. The highest BCUT2D eigenvalue weighted by Gasteiger charge is 2.26. The molecule has 0 bridgehead atoms. The fourth-order valence-corrected chi connectivity index (χ4v) is 3.49. The van der Waals surface area contributed by atoms with Crippen molar-refractivity contribution in [2.24, 2.45) is 5.41 Å². The quantitative estimate of drug-likeness (QED) is 0.477. The van der Waals surface area contributed by atoms with Crippen LogP contribution in [0.3, 0.4) is 0 Å². The van der Waals surface area contributed by atoms with Gasteiger partial charge < -0.3 is 9.79 Å².